The van der Waals surface area contributed by atoms with E-state index in [2.05, 4.69) is 20.9 Å². The molecule has 0 aliphatic rings. The van der Waals surface area contributed by atoms with Crippen LogP contribution in [-0.2, 0) is 14.3 Å². The predicted octanol–water partition coefficient (Wildman–Crippen LogP) is 2.84. The van der Waals surface area contributed by atoms with Crippen molar-refractivity contribution in [2.75, 3.05) is 13.7 Å². The topological polar surface area (TPSA) is 88.7 Å². The molecule has 0 radical (unpaired) electrons. The summed E-state index contributed by atoms with van der Waals surface area (Å²) in [6.07, 6.45) is 2.24. The monoisotopic (exact) mass is 417 g/mol. The van der Waals surface area contributed by atoms with E-state index in [1.165, 1.54) is 7.11 Å². The van der Waals surface area contributed by atoms with Crippen molar-refractivity contribution >= 4 is 40.0 Å². The molecule has 0 aliphatic heterocycles. The number of rotatable bonds is 9. The number of unbranched alkanes of at least 4 members (excludes halogenated alkanes) is 2. The average Bonchev–Trinajstić information content (AvgIpc) is 2.73. The van der Waals surface area contributed by atoms with Crippen LogP contribution in [0.1, 0.15) is 32.6 Å². The van der Waals surface area contributed by atoms with Crippen LogP contribution in [0.15, 0.2) is 42.5 Å². The Labute approximate surface area is 176 Å². The quantitative estimate of drug-likeness (QED) is 0.250. The fraction of sp³-hybridized carbons (Fsp3) is 0.381. The van der Waals surface area contributed by atoms with E-state index in [1.54, 1.807) is 6.92 Å². The largest absolute Gasteiger partial charge is 0.481 e. The minimum absolute atomic E-state index is 0.196. The Morgan fingerprint density at radius 1 is 1.03 bits per heavy atom. The van der Waals surface area contributed by atoms with Crippen LogP contribution in [0.3, 0.4) is 0 Å². The minimum atomic E-state index is -0.690. The number of ether oxygens (including phenoxy) is 2. The molecule has 2 rings (SSSR count). The van der Waals surface area contributed by atoms with E-state index in [9.17, 15) is 9.59 Å². The van der Waals surface area contributed by atoms with Gasteiger partial charge < -0.3 is 14.8 Å². The Hall–Kier alpha value is -2.87. The Bertz CT molecular complexity index is 844. The summed E-state index contributed by atoms with van der Waals surface area (Å²) in [6, 6.07) is 13.6. The van der Waals surface area contributed by atoms with Crippen LogP contribution in [0.25, 0.3) is 10.8 Å². The van der Waals surface area contributed by atoms with Gasteiger partial charge in [0.2, 0.25) is 0 Å². The number of carbonyl (C=O) groups excluding carboxylic acids is 2. The van der Waals surface area contributed by atoms with Crippen LogP contribution in [0.2, 0.25) is 0 Å². The highest BCUT2D eigenvalue weighted by molar-refractivity contribution is 7.80. The van der Waals surface area contributed by atoms with Crippen molar-refractivity contribution in [3.05, 3.63) is 42.5 Å². The molecule has 1 atom stereocenters. The molecule has 2 aromatic rings. The van der Waals surface area contributed by atoms with Crippen LogP contribution in [0.4, 0.5) is 0 Å². The lowest BCUT2D eigenvalue weighted by molar-refractivity contribution is -0.140. The Morgan fingerprint density at radius 3 is 2.55 bits per heavy atom. The fourth-order valence-corrected chi connectivity index (χ4v) is 2.79. The number of carbonyl (C=O) groups is 2. The normalized spacial score (nSPS) is 11.4. The molecule has 0 aromatic heterocycles. The van der Waals surface area contributed by atoms with Crippen molar-refractivity contribution in [1.82, 2.24) is 16.2 Å². The third-order valence-corrected chi connectivity index (χ3v) is 4.52. The molecule has 0 bridgehead atoms. The first-order chi connectivity index (χ1) is 14.0. The van der Waals surface area contributed by atoms with E-state index < -0.39 is 6.10 Å². The third kappa shape index (κ3) is 7.95. The summed E-state index contributed by atoms with van der Waals surface area (Å²) in [5.74, 6) is 0.0947. The lowest BCUT2D eigenvalue weighted by atomic mass is 10.1. The number of hydrazine groups is 1. The molecule has 0 fully saturated rings. The zero-order valence-electron chi connectivity index (χ0n) is 16.7. The van der Waals surface area contributed by atoms with Gasteiger partial charge in [0.25, 0.3) is 5.91 Å². The van der Waals surface area contributed by atoms with Gasteiger partial charge in [0.1, 0.15) is 5.75 Å². The van der Waals surface area contributed by atoms with Gasteiger partial charge in [-0.1, -0.05) is 36.8 Å². The van der Waals surface area contributed by atoms with Gasteiger partial charge in [-0.3, -0.25) is 20.4 Å². The molecule has 156 valence electrons. The van der Waals surface area contributed by atoms with Crippen molar-refractivity contribution in [2.45, 2.75) is 38.7 Å². The Kier molecular flexibility index (Phi) is 9.17. The number of hydrogen-bond acceptors (Lipinski definition) is 5. The number of nitrogens with one attached hydrogen (secondary N) is 3. The molecule has 7 nitrogen and oxygen atoms in total. The summed E-state index contributed by atoms with van der Waals surface area (Å²) >= 11 is 5.13. The summed E-state index contributed by atoms with van der Waals surface area (Å²) < 4.78 is 10.3. The van der Waals surface area contributed by atoms with Crippen molar-refractivity contribution in [3.63, 3.8) is 0 Å². The molecule has 0 spiro atoms. The van der Waals surface area contributed by atoms with Gasteiger partial charge in [-0.05, 0) is 54.9 Å². The number of amides is 1. The van der Waals surface area contributed by atoms with E-state index in [4.69, 9.17) is 17.0 Å². The molecule has 0 saturated carbocycles. The van der Waals surface area contributed by atoms with Crippen LogP contribution in [-0.4, -0.2) is 36.7 Å². The zero-order chi connectivity index (χ0) is 21.1. The first-order valence-corrected chi connectivity index (χ1v) is 9.96. The molecule has 3 N–H and O–H groups in total. The summed E-state index contributed by atoms with van der Waals surface area (Å²) in [7, 11) is 1.38. The number of benzene rings is 2. The second kappa shape index (κ2) is 11.9. The maximum atomic E-state index is 12.2. The average molecular weight is 418 g/mol. The molecular weight excluding hydrogens is 390 g/mol. The molecule has 29 heavy (non-hydrogen) atoms. The van der Waals surface area contributed by atoms with Gasteiger partial charge >= 0.3 is 5.97 Å². The van der Waals surface area contributed by atoms with Gasteiger partial charge in [0, 0.05) is 13.0 Å². The highest BCUT2D eigenvalue weighted by Crippen LogP contribution is 2.21. The molecular formula is C21H27N3O4S. The van der Waals surface area contributed by atoms with Crippen LogP contribution in [0.5, 0.6) is 5.75 Å². The van der Waals surface area contributed by atoms with E-state index >= 15 is 0 Å². The summed E-state index contributed by atoms with van der Waals surface area (Å²) in [6.45, 7) is 2.32. The molecule has 2 aromatic carbocycles. The summed E-state index contributed by atoms with van der Waals surface area (Å²) in [4.78, 5) is 23.2. The second-order valence-corrected chi connectivity index (χ2v) is 6.93. The highest BCUT2D eigenvalue weighted by atomic mass is 32.1. The zero-order valence-corrected chi connectivity index (χ0v) is 17.5. The first-order valence-electron chi connectivity index (χ1n) is 9.55. The Morgan fingerprint density at radius 2 is 1.79 bits per heavy atom. The van der Waals surface area contributed by atoms with Crippen LogP contribution >= 0.6 is 12.2 Å². The van der Waals surface area contributed by atoms with Crippen molar-refractivity contribution in [3.8, 4) is 5.75 Å². The number of thiocarbonyl (C=S) groups is 1. The highest BCUT2D eigenvalue weighted by Gasteiger charge is 2.15. The van der Waals surface area contributed by atoms with E-state index in [1.807, 2.05) is 42.5 Å². The molecule has 0 heterocycles. The van der Waals surface area contributed by atoms with Gasteiger partial charge in [0.05, 0.1) is 7.11 Å². The van der Waals surface area contributed by atoms with Gasteiger partial charge in [-0.15, -0.1) is 0 Å². The number of hydrogen-bond donors (Lipinski definition) is 3. The number of esters is 1. The fourth-order valence-electron chi connectivity index (χ4n) is 2.64. The van der Waals surface area contributed by atoms with Crippen LogP contribution in [0, 0.1) is 0 Å². The standard InChI is InChI=1S/C21H27N3O4S/c1-15(28-18-12-11-16-8-5-6-9-17(16)14-18)20(26)23-24-21(29)22-13-7-3-4-10-19(25)27-2/h5-6,8-9,11-12,14-15H,3-4,7,10,13H2,1-2H3,(H,23,26)(H2,22,24,29)/t15-/m0/s1. The minimum Gasteiger partial charge on any atom is -0.481 e. The van der Waals surface area contributed by atoms with E-state index in [0.29, 0.717) is 23.8 Å². The second-order valence-electron chi connectivity index (χ2n) is 6.53. The van der Waals surface area contributed by atoms with Crippen molar-refractivity contribution in [2.24, 2.45) is 0 Å². The van der Waals surface area contributed by atoms with Crippen molar-refractivity contribution in [1.29, 1.82) is 0 Å². The molecule has 0 aliphatic carbocycles. The maximum Gasteiger partial charge on any atom is 0.305 e. The summed E-state index contributed by atoms with van der Waals surface area (Å²) in [5.41, 5.74) is 5.20. The molecule has 8 heteroatoms. The van der Waals surface area contributed by atoms with E-state index in [-0.39, 0.29) is 11.9 Å². The van der Waals surface area contributed by atoms with Gasteiger partial charge in [-0.25, -0.2) is 0 Å². The third-order valence-electron chi connectivity index (χ3n) is 4.27. The smallest absolute Gasteiger partial charge is 0.305 e. The summed E-state index contributed by atoms with van der Waals surface area (Å²) in [5, 5.41) is 5.48. The maximum absolute atomic E-state index is 12.2. The van der Waals surface area contributed by atoms with Gasteiger partial charge in [-0.2, -0.15) is 0 Å². The van der Waals surface area contributed by atoms with Crippen molar-refractivity contribution < 1.29 is 19.1 Å². The SMILES string of the molecule is COC(=O)CCCCCNC(=S)NNC(=O)[C@H](C)Oc1ccc2ccccc2c1. The van der Waals surface area contributed by atoms with E-state index in [0.717, 1.165) is 30.0 Å². The van der Waals surface area contributed by atoms with Gasteiger partial charge in [0.15, 0.2) is 11.2 Å². The lowest BCUT2D eigenvalue weighted by Gasteiger charge is -2.17. The number of methoxy groups -OCH3 is 1. The number of fused-ring (bicyclic) bond motifs is 1. The molecule has 0 saturated heterocycles. The van der Waals surface area contributed by atoms with Crippen LogP contribution < -0.4 is 20.9 Å². The molecule has 1 amide bonds. The lowest BCUT2D eigenvalue weighted by Crippen LogP contribution is -2.50. The first kappa shape index (κ1) is 22.4. The predicted molar refractivity (Wildman–Crippen MR) is 116 cm³/mol. The molecule has 0 unspecified atom stereocenters. The Balaban J connectivity index is 1.64.